The van der Waals surface area contributed by atoms with Gasteiger partial charge in [0.15, 0.2) is 0 Å². The fraction of sp³-hybridized carbons (Fsp3) is 0.632. The summed E-state index contributed by atoms with van der Waals surface area (Å²) in [5.74, 6) is 0.848. The van der Waals surface area contributed by atoms with Gasteiger partial charge in [-0.05, 0) is 32.9 Å². The van der Waals surface area contributed by atoms with E-state index >= 15 is 0 Å². The lowest BCUT2D eigenvalue weighted by Crippen LogP contribution is -2.50. The zero-order valence-corrected chi connectivity index (χ0v) is 16.2. The summed E-state index contributed by atoms with van der Waals surface area (Å²) in [6.45, 7) is 8.67. The van der Waals surface area contributed by atoms with Crippen molar-refractivity contribution in [1.82, 2.24) is 9.88 Å². The van der Waals surface area contributed by atoms with Crippen LogP contribution in [0.15, 0.2) is 18.3 Å². The van der Waals surface area contributed by atoms with E-state index in [1.165, 1.54) is 0 Å². The molecule has 0 radical (unpaired) electrons. The van der Waals surface area contributed by atoms with Crippen LogP contribution in [0.4, 0.5) is 16.3 Å². The Labute approximate surface area is 159 Å². The van der Waals surface area contributed by atoms with Crippen LogP contribution in [0.25, 0.3) is 0 Å². The van der Waals surface area contributed by atoms with Crippen molar-refractivity contribution < 1.29 is 19.4 Å². The van der Waals surface area contributed by atoms with E-state index in [1.807, 2.05) is 32.9 Å². The zero-order valence-electron chi connectivity index (χ0n) is 16.2. The SMILES string of the molecule is CC(C)(C)OC(=O)N1CCN(c2ccc(N3CC(CO)CC3=O)cn2)CC1. The van der Waals surface area contributed by atoms with Crippen LogP contribution in [0.3, 0.4) is 0 Å². The maximum absolute atomic E-state index is 12.1. The average Bonchev–Trinajstić information content (AvgIpc) is 3.01. The Morgan fingerprint density at radius 2 is 1.96 bits per heavy atom. The van der Waals surface area contributed by atoms with Crippen molar-refractivity contribution in [3.8, 4) is 0 Å². The highest BCUT2D eigenvalue weighted by atomic mass is 16.6. The topological polar surface area (TPSA) is 86.2 Å². The summed E-state index contributed by atoms with van der Waals surface area (Å²) in [6.07, 6.45) is 1.80. The monoisotopic (exact) mass is 376 g/mol. The Bertz CT molecular complexity index is 678. The number of rotatable bonds is 3. The minimum Gasteiger partial charge on any atom is -0.444 e. The van der Waals surface area contributed by atoms with Crippen molar-refractivity contribution >= 4 is 23.5 Å². The van der Waals surface area contributed by atoms with E-state index in [2.05, 4.69) is 9.88 Å². The highest BCUT2D eigenvalue weighted by Gasteiger charge is 2.30. The van der Waals surface area contributed by atoms with Gasteiger partial charge in [-0.3, -0.25) is 4.79 Å². The number of aromatic nitrogens is 1. The molecule has 1 aromatic heterocycles. The number of ether oxygens (including phenoxy) is 1. The third-order valence-electron chi connectivity index (χ3n) is 4.76. The number of piperazine rings is 1. The van der Waals surface area contributed by atoms with Crippen molar-refractivity contribution in [3.05, 3.63) is 18.3 Å². The van der Waals surface area contributed by atoms with Gasteiger partial charge in [-0.15, -0.1) is 0 Å². The molecular formula is C19H28N4O4. The molecule has 2 amide bonds. The Kier molecular flexibility index (Phi) is 5.55. The number of hydrogen-bond acceptors (Lipinski definition) is 6. The first-order valence-electron chi connectivity index (χ1n) is 9.37. The fourth-order valence-corrected chi connectivity index (χ4v) is 3.32. The summed E-state index contributed by atoms with van der Waals surface area (Å²) < 4.78 is 5.42. The molecule has 148 valence electrons. The first-order chi connectivity index (χ1) is 12.8. The molecule has 2 fully saturated rings. The summed E-state index contributed by atoms with van der Waals surface area (Å²) in [5.41, 5.74) is 0.264. The van der Waals surface area contributed by atoms with Gasteiger partial charge < -0.3 is 24.5 Å². The number of amides is 2. The molecule has 2 saturated heterocycles. The second-order valence-electron chi connectivity index (χ2n) is 8.09. The van der Waals surface area contributed by atoms with Gasteiger partial charge in [0.1, 0.15) is 11.4 Å². The summed E-state index contributed by atoms with van der Waals surface area (Å²) >= 11 is 0. The van der Waals surface area contributed by atoms with Gasteiger partial charge in [0.2, 0.25) is 5.91 Å². The molecule has 0 aliphatic carbocycles. The molecule has 0 spiro atoms. The van der Waals surface area contributed by atoms with E-state index in [4.69, 9.17) is 4.74 Å². The largest absolute Gasteiger partial charge is 0.444 e. The normalized spacial score (nSPS) is 21.0. The van der Waals surface area contributed by atoms with Crippen LogP contribution in [0, 0.1) is 5.92 Å². The van der Waals surface area contributed by atoms with Crippen LogP contribution >= 0.6 is 0 Å². The fourth-order valence-electron chi connectivity index (χ4n) is 3.32. The summed E-state index contributed by atoms with van der Waals surface area (Å²) in [5, 5.41) is 9.25. The van der Waals surface area contributed by atoms with Crippen molar-refractivity contribution in [1.29, 1.82) is 0 Å². The molecule has 8 heteroatoms. The van der Waals surface area contributed by atoms with Crippen LogP contribution < -0.4 is 9.80 Å². The number of carbonyl (C=O) groups is 2. The van der Waals surface area contributed by atoms with Crippen molar-refractivity contribution in [3.63, 3.8) is 0 Å². The Hall–Kier alpha value is -2.35. The van der Waals surface area contributed by atoms with Crippen molar-refractivity contribution in [2.75, 3.05) is 49.1 Å². The average molecular weight is 376 g/mol. The molecule has 0 saturated carbocycles. The van der Waals surface area contributed by atoms with Crippen molar-refractivity contribution in [2.24, 2.45) is 5.92 Å². The number of aliphatic hydroxyl groups excluding tert-OH is 1. The first-order valence-corrected chi connectivity index (χ1v) is 9.37. The highest BCUT2D eigenvalue weighted by Crippen LogP contribution is 2.26. The van der Waals surface area contributed by atoms with Gasteiger partial charge in [0, 0.05) is 51.7 Å². The molecule has 1 atom stereocenters. The maximum atomic E-state index is 12.1. The summed E-state index contributed by atoms with van der Waals surface area (Å²) in [7, 11) is 0. The minimum atomic E-state index is -0.492. The highest BCUT2D eigenvalue weighted by molar-refractivity contribution is 5.95. The number of anilines is 2. The standard InChI is InChI=1S/C19H28N4O4/c1-19(2,3)27-18(26)22-8-6-21(7-9-22)16-5-4-15(11-20-16)23-12-14(13-24)10-17(23)25/h4-5,11,14,24H,6-10,12-13H2,1-3H3. The molecular weight excluding hydrogens is 348 g/mol. The lowest BCUT2D eigenvalue weighted by Gasteiger charge is -2.36. The van der Waals surface area contributed by atoms with Crippen molar-refractivity contribution in [2.45, 2.75) is 32.8 Å². The Balaban J connectivity index is 1.56. The number of nitrogens with zero attached hydrogens (tertiary/aromatic N) is 4. The molecule has 27 heavy (non-hydrogen) atoms. The van der Waals surface area contributed by atoms with Gasteiger partial charge in [-0.25, -0.2) is 9.78 Å². The maximum Gasteiger partial charge on any atom is 0.410 e. The van der Waals surface area contributed by atoms with E-state index < -0.39 is 5.60 Å². The predicted molar refractivity (Wildman–Crippen MR) is 102 cm³/mol. The van der Waals surface area contributed by atoms with Gasteiger partial charge in [0.05, 0.1) is 11.9 Å². The van der Waals surface area contributed by atoms with E-state index in [1.54, 1.807) is 16.0 Å². The van der Waals surface area contributed by atoms with Crippen LogP contribution in [0.5, 0.6) is 0 Å². The quantitative estimate of drug-likeness (QED) is 0.860. The molecule has 3 rings (SSSR count). The molecule has 1 unspecified atom stereocenters. The summed E-state index contributed by atoms with van der Waals surface area (Å²) in [4.78, 5) is 34.2. The van der Waals surface area contributed by atoms with E-state index in [0.717, 1.165) is 11.5 Å². The number of hydrogen-bond donors (Lipinski definition) is 1. The van der Waals surface area contributed by atoms with E-state index in [9.17, 15) is 14.7 Å². The molecule has 8 nitrogen and oxygen atoms in total. The Morgan fingerprint density at radius 1 is 1.26 bits per heavy atom. The second kappa shape index (κ2) is 7.72. The van der Waals surface area contributed by atoms with Crippen LogP contribution in [0.1, 0.15) is 27.2 Å². The van der Waals surface area contributed by atoms with E-state index in [-0.39, 0.29) is 24.5 Å². The summed E-state index contributed by atoms with van der Waals surface area (Å²) in [6, 6.07) is 3.79. The zero-order chi connectivity index (χ0) is 19.6. The third-order valence-corrected chi connectivity index (χ3v) is 4.76. The smallest absolute Gasteiger partial charge is 0.410 e. The molecule has 0 aromatic carbocycles. The Morgan fingerprint density at radius 3 is 2.48 bits per heavy atom. The molecule has 1 aromatic rings. The van der Waals surface area contributed by atoms with Crippen LogP contribution in [-0.2, 0) is 9.53 Å². The molecule has 3 heterocycles. The minimum absolute atomic E-state index is 0.00175. The second-order valence-corrected chi connectivity index (χ2v) is 8.09. The lowest BCUT2D eigenvalue weighted by molar-refractivity contribution is -0.117. The van der Waals surface area contributed by atoms with Crippen LogP contribution in [-0.4, -0.2) is 71.9 Å². The number of pyridine rings is 1. The van der Waals surface area contributed by atoms with E-state index in [0.29, 0.717) is 39.1 Å². The lowest BCUT2D eigenvalue weighted by atomic mass is 10.1. The van der Waals surface area contributed by atoms with Gasteiger partial charge in [-0.1, -0.05) is 0 Å². The first kappa shape index (κ1) is 19.4. The third kappa shape index (κ3) is 4.68. The molecule has 2 aliphatic heterocycles. The van der Waals surface area contributed by atoms with Crippen LogP contribution in [0.2, 0.25) is 0 Å². The molecule has 2 aliphatic rings. The number of aliphatic hydroxyl groups is 1. The van der Waals surface area contributed by atoms with Gasteiger partial charge in [-0.2, -0.15) is 0 Å². The molecule has 1 N–H and O–H groups in total. The number of carbonyl (C=O) groups excluding carboxylic acids is 2. The molecule has 0 bridgehead atoms. The van der Waals surface area contributed by atoms with Gasteiger partial charge in [0.25, 0.3) is 0 Å². The predicted octanol–water partition coefficient (Wildman–Crippen LogP) is 1.48. The van der Waals surface area contributed by atoms with Gasteiger partial charge >= 0.3 is 6.09 Å².